The lowest BCUT2D eigenvalue weighted by molar-refractivity contribution is 0.102. The van der Waals surface area contributed by atoms with Gasteiger partial charge in [-0.05, 0) is 29.8 Å². The highest BCUT2D eigenvalue weighted by Crippen LogP contribution is 2.21. The van der Waals surface area contributed by atoms with Crippen LogP contribution in [0.5, 0.6) is 0 Å². The molecule has 0 aliphatic heterocycles. The number of nitrogens with one attached hydrogen (secondary N) is 2. The van der Waals surface area contributed by atoms with Crippen LogP contribution in [0.2, 0.25) is 0 Å². The van der Waals surface area contributed by atoms with Crippen LogP contribution in [0.15, 0.2) is 66.0 Å². The standard InChI is InChI=1S/C19H16N6OS/c20-18-23-19(25-24-18)27-11-12-4-3-6-14(8-12)17(26)22-15-9-13-5-1-2-7-16(13)21-10-15/h1-10H,11H2,(H,22,26)(H3,20,23,24,25). The number of carbonyl (C=O) groups is 1. The zero-order chi connectivity index (χ0) is 18.6. The minimum Gasteiger partial charge on any atom is -0.368 e. The number of fused-ring (bicyclic) bond motifs is 1. The molecule has 1 amide bonds. The van der Waals surface area contributed by atoms with Gasteiger partial charge in [0.25, 0.3) is 5.91 Å². The summed E-state index contributed by atoms with van der Waals surface area (Å²) in [5, 5.41) is 11.0. The Balaban J connectivity index is 1.46. The maximum absolute atomic E-state index is 12.6. The molecule has 0 unspecified atom stereocenters. The van der Waals surface area contributed by atoms with E-state index in [1.807, 2.05) is 48.5 Å². The molecule has 0 saturated heterocycles. The number of carbonyl (C=O) groups excluding carboxylic acids is 1. The number of nitrogens with two attached hydrogens (primary N) is 1. The molecule has 2 aromatic heterocycles. The minimum atomic E-state index is -0.180. The molecule has 7 nitrogen and oxygen atoms in total. The second-order valence-electron chi connectivity index (χ2n) is 5.86. The van der Waals surface area contributed by atoms with E-state index in [2.05, 4.69) is 25.5 Å². The van der Waals surface area contributed by atoms with E-state index >= 15 is 0 Å². The number of H-pyrrole nitrogens is 1. The highest BCUT2D eigenvalue weighted by molar-refractivity contribution is 7.98. The fourth-order valence-corrected chi connectivity index (χ4v) is 3.36. The number of aromatic amines is 1. The first-order valence-corrected chi connectivity index (χ1v) is 9.22. The number of nitrogens with zero attached hydrogens (tertiary/aromatic N) is 3. The summed E-state index contributed by atoms with van der Waals surface area (Å²) >= 11 is 1.44. The normalized spacial score (nSPS) is 10.8. The van der Waals surface area contributed by atoms with Gasteiger partial charge in [0.1, 0.15) is 0 Å². The number of hydrogen-bond donors (Lipinski definition) is 3. The predicted molar refractivity (Wildman–Crippen MR) is 106 cm³/mol. The number of nitrogen functional groups attached to an aromatic ring is 1. The second kappa shape index (κ2) is 7.46. The monoisotopic (exact) mass is 376 g/mol. The highest BCUT2D eigenvalue weighted by Gasteiger charge is 2.09. The van der Waals surface area contributed by atoms with E-state index in [0.29, 0.717) is 22.2 Å². The molecular formula is C19H16N6OS. The van der Waals surface area contributed by atoms with Crippen molar-refractivity contribution in [2.45, 2.75) is 10.9 Å². The number of aromatic nitrogens is 4. The summed E-state index contributed by atoms with van der Waals surface area (Å²) in [6, 6.07) is 17.1. The van der Waals surface area contributed by atoms with Gasteiger partial charge in [-0.25, -0.2) is 5.10 Å². The number of rotatable bonds is 5. The first-order chi connectivity index (χ1) is 13.2. The van der Waals surface area contributed by atoms with Crippen molar-refractivity contribution in [2.24, 2.45) is 0 Å². The SMILES string of the molecule is Nc1nc(SCc2cccc(C(=O)Nc3cnc4ccccc4c3)c2)n[nH]1. The molecule has 0 saturated carbocycles. The Morgan fingerprint density at radius 2 is 2.04 bits per heavy atom. The van der Waals surface area contributed by atoms with Crippen LogP contribution >= 0.6 is 11.8 Å². The van der Waals surface area contributed by atoms with Gasteiger partial charge in [0.15, 0.2) is 0 Å². The van der Waals surface area contributed by atoms with Gasteiger partial charge in [-0.15, -0.1) is 5.10 Å². The van der Waals surface area contributed by atoms with Crippen LogP contribution < -0.4 is 11.1 Å². The Morgan fingerprint density at radius 1 is 1.15 bits per heavy atom. The highest BCUT2D eigenvalue weighted by atomic mass is 32.2. The molecule has 27 heavy (non-hydrogen) atoms. The molecule has 0 aliphatic rings. The van der Waals surface area contributed by atoms with E-state index in [0.717, 1.165) is 16.5 Å². The van der Waals surface area contributed by atoms with Crippen LogP contribution in [0, 0.1) is 0 Å². The molecule has 0 spiro atoms. The number of amides is 1. The Bertz CT molecular complexity index is 1110. The lowest BCUT2D eigenvalue weighted by Crippen LogP contribution is -2.12. The molecule has 0 bridgehead atoms. The van der Waals surface area contributed by atoms with Gasteiger partial charge in [-0.3, -0.25) is 9.78 Å². The summed E-state index contributed by atoms with van der Waals surface area (Å²) in [5.41, 5.74) is 8.64. The average Bonchev–Trinajstić information content (AvgIpc) is 3.12. The van der Waals surface area contributed by atoms with Crippen molar-refractivity contribution in [3.05, 3.63) is 71.9 Å². The summed E-state index contributed by atoms with van der Waals surface area (Å²) in [7, 11) is 0. The summed E-state index contributed by atoms with van der Waals surface area (Å²) in [6.45, 7) is 0. The van der Waals surface area contributed by atoms with Crippen molar-refractivity contribution in [3.63, 3.8) is 0 Å². The van der Waals surface area contributed by atoms with Crippen LogP contribution in [0.3, 0.4) is 0 Å². The van der Waals surface area contributed by atoms with Crippen LogP contribution in [0.4, 0.5) is 11.6 Å². The maximum atomic E-state index is 12.6. The van der Waals surface area contributed by atoms with Crippen LogP contribution in [-0.2, 0) is 5.75 Å². The maximum Gasteiger partial charge on any atom is 0.255 e. The van der Waals surface area contributed by atoms with Crippen LogP contribution in [0.25, 0.3) is 10.9 Å². The van der Waals surface area contributed by atoms with Gasteiger partial charge >= 0.3 is 0 Å². The number of hydrogen-bond acceptors (Lipinski definition) is 6. The Labute approximate surface area is 159 Å². The minimum absolute atomic E-state index is 0.180. The van der Waals surface area contributed by atoms with Crippen LogP contribution in [0.1, 0.15) is 15.9 Å². The molecule has 0 aliphatic carbocycles. The smallest absolute Gasteiger partial charge is 0.255 e. The van der Waals surface area contributed by atoms with Crippen molar-refractivity contribution in [2.75, 3.05) is 11.1 Å². The largest absolute Gasteiger partial charge is 0.368 e. The summed E-state index contributed by atoms with van der Waals surface area (Å²) < 4.78 is 0. The lowest BCUT2D eigenvalue weighted by atomic mass is 10.1. The Kier molecular flexibility index (Phi) is 4.71. The third kappa shape index (κ3) is 4.06. The molecule has 0 radical (unpaired) electrons. The first-order valence-electron chi connectivity index (χ1n) is 8.23. The Hall–Kier alpha value is -3.39. The molecule has 4 aromatic rings. The van der Waals surface area contributed by atoms with Crippen molar-refractivity contribution in [1.82, 2.24) is 20.2 Å². The van der Waals surface area contributed by atoms with Gasteiger partial charge in [-0.2, -0.15) is 4.98 Å². The molecule has 134 valence electrons. The van der Waals surface area contributed by atoms with Crippen LogP contribution in [-0.4, -0.2) is 26.1 Å². The van der Waals surface area contributed by atoms with E-state index in [-0.39, 0.29) is 11.9 Å². The molecule has 2 aromatic carbocycles. The molecule has 4 N–H and O–H groups in total. The molecule has 0 fully saturated rings. The van der Waals surface area contributed by atoms with E-state index in [9.17, 15) is 4.79 Å². The quantitative estimate of drug-likeness (QED) is 0.460. The van der Waals surface area contributed by atoms with Gasteiger partial charge in [-0.1, -0.05) is 42.1 Å². The number of pyridine rings is 1. The number of benzene rings is 2. The summed E-state index contributed by atoms with van der Waals surface area (Å²) in [4.78, 5) is 21.0. The van der Waals surface area contributed by atoms with Gasteiger partial charge in [0.2, 0.25) is 11.1 Å². The summed E-state index contributed by atoms with van der Waals surface area (Å²) in [5.74, 6) is 0.742. The molecule has 2 heterocycles. The zero-order valence-electron chi connectivity index (χ0n) is 14.2. The molecule has 8 heteroatoms. The van der Waals surface area contributed by atoms with Gasteiger partial charge in [0, 0.05) is 16.7 Å². The van der Waals surface area contributed by atoms with Gasteiger partial charge < -0.3 is 11.1 Å². The Morgan fingerprint density at radius 3 is 2.89 bits per heavy atom. The van der Waals surface area contributed by atoms with E-state index in [1.54, 1.807) is 12.3 Å². The van der Waals surface area contributed by atoms with E-state index < -0.39 is 0 Å². The molecule has 4 rings (SSSR count). The van der Waals surface area contributed by atoms with E-state index in [4.69, 9.17) is 5.73 Å². The average molecular weight is 376 g/mol. The topological polar surface area (TPSA) is 110 Å². The first kappa shape index (κ1) is 17.0. The lowest BCUT2D eigenvalue weighted by Gasteiger charge is -2.07. The third-order valence-electron chi connectivity index (χ3n) is 3.89. The molecule has 0 atom stereocenters. The second-order valence-corrected chi connectivity index (χ2v) is 6.81. The predicted octanol–water partition coefficient (Wildman–Crippen LogP) is 3.48. The summed E-state index contributed by atoms with van der Waals surface area (Å²) in [6.07, 6.45) is 1.66. The van der Waals surface area contributed by atoms with E-state index in [1.165, 1.54) is 11.8 Å². The zero-order valence-corrected chi connectivity index (χ0v) is 15.0. The van der Waals surface area contributed by atoms with Crippen molar-refractivity contribution >= 4 is 40.2 Å². The number of thioether (sulfide) groups is 1. The number of para-hydroxylation sites is 1. The number of anilines is 2. The van der Waals surface area contributed by atoms with Crippen molar-refractivity contribution in [1.29, 1.82) is 0 Å². The van der Waals surface area contributed by atoms with Crippen molar-refractivity contribution in [3.8, 4) is 0 Å². The fraction of sp³-hybridized carbons (Fsp3) is 0.0526. The molecular weight excluding hydrogens is 360 g/mol. The van der Waals surface area contributed by atoms with Gasteiger partial charge in [0.05, 0.1) is 17.4 Å². The van der Waals surface area contributed by atoms with Crippen molar-refractivity contribution < 1.29 is 4.79 Å². The fourth-order valence-electron chi connectivity index (χ4n) is 2.62. The third-order valence-corrected chi connectivity index (χ3v) is 4.81.